The maximum Gasteiger partial charge on any atom is 0.311 e. The minimum absolute atomic E-state index is 0.306. The van der Waals surface area contributed by atoms with Gasteiger partial charge in [-0.3, -0.25) is 9.59 Å². The molecule has 3 rings (SSSR count). The topological polar surface area (TPSA) is 72.8 Å². The molecule has 1 aliphatic heterocycles. The number of aliphatic carboxylic acids is 1. The second-order valence-electron chi connectivity index (χ2n) is 5.14. The fourth-order valence-corrected chi connectivity index (χ4v) is 2.68. The number of halogens is 1. The lowest BCUT2D eigenvalue weighted by Crippen LogP contribution is -2.20. The van der Waals surface area contributed by atoms with Crippen LogP contribution in [0.15, 0.2) is 36.4 Å². The van der Waals surface area contributed by atoms with Crippen LogP contribution in [-0.2, 0) is 4.79 Å². The average molecular weight is 333 g/mol. The van der Waals surface area contributed by atoms with E-state index in [1.807, 2.05) is 0 Å². The molecule has 0 aromatic heterocycles. The Morgan fingerprint density at radius 1 is 1.30 bits per heavy atom. The van der Waals surface area contributed by atoms with Crippen LogP contribution in [0.1, 0.15) is 28.3 Å². The number of benzene rings is 2. The second kappa shape index (κ2) is 6.30. The second-order valence-corrected chi connectivity index (χ2v) is 5.54. The van der Waals surface area contributed by atoms with Crippen molar-refractivity contribution in [2.75, 3.05) is 6.61 Å². The first-order valence-electron chi connectivity index (χ1n) is 7.00. The quantitative estimate of drug-likeness (QED) is 0.860. The lowest BCUT2D eigenvalue weighted by atomic mass is 9.93. The molecule has 6 heteroatoms. The van der Waals surface area contributed by atoms with E-state index in [1.54, 1.807) is 36.4 Å². The summed E-state index contributed by atoms with van der Waals surface area (Å²) in [5.74, 6) is -0.174. The van der Waals surface area contributed by atoms with Gasteiger partial charge in [0.1, 0.15) is 23.5 Å². The third-order valence-electron chi connectivity index (χ3n) is 3.65. The summed E-state index contributed by atoms with van der Waals surface area (Å²) in [4.78, 5) is 22.0. The molecule has 5 nitrogen and oxygen atoms in total. The number of rotatable bonds is 4. The molecular formula is C17H13ClO5. The predicted molar refractivity (Wildman–Crippen MR) is 83.8 cm³/mol. The van der Waals surface area contributed by atoms with Crippen molar-refractivity contribution in [3.63, 3.8) is 0 Å². The first-order valence-corrected chi connectivity index (χ1v) is 7.38. The van der Waals surface area contributed by atoms with Crippen LogP contribution < -0.4 is 9.47 Å². The number of ether oxygens (including phenoxy) is 2. The smallest absolute Gasteiger partial charge is 0.311 e. The predicted octanol–water partition coefficient (Wildman–Crippen LogP) is 3.90. The van der Waals surface area contributed by atoms with Crippen molar-refractivity contribution >= 4 is 23.9 Å². The summed E-state index contributed by atoms with van der Waals surface area (Å²) in [6.07, 6.45) is 1.15. The van der Waals surface area contributed by atoms with E-state index in [1.165, 1.54) is 0 Å². The van der Waals surface area contributed by atoms with Gasteiger partial charge in [-0.25, -0.2) is 0 Å². The standard InChI is InChI=1S/C17H13ClO5/c18-14-7-13-12(17(20)21)5-6-22-15(13)8-16(14)23-11-3-1-10(9-19)2-4-11/h1-4,7-9,12H,5-6H2,(H,20,21). The van der Waals surface area contributed by atoms with E-state index in [0.717, 1.165) is 6.29 Å². The molecule has 1 unspecified atom stereocenters. The fraction of sp³-hybridized carbons (Fsp3) is 0.176. The van der Waals surface area contributed by atoms with Crippen LogP contribution in [0.25, 0.3) is 0 Å². The molecule has 2 aromatic carbocycles. The van der Waals surface area contributed by atoms with Gasteiger partial charge in [-0.1, -0.05) is 11.6 Å². The van der Waals surface area contributed by atoms with Gasteiger partial charge < -0.3 is 14.6 Å². The summed E-state index contributed by atoms with van der Waals surface area (Å²) in [5, 5.41) is 9.58. The molecule has 118 valence electrons. The van der Waals surface area contributed by atoms with Crippen molar-refractivity contribution in [2.45, 2.75) is 12.3 Å². The van der Waals surface area contributed by atoms with Crippen molar-refractivity contribution in [1.29, 1.82) is 0 Å². The maximum atomic E-state index is 11.3. The molecular weight excluding hydrogens is 320 g/mol. The third-order valence-corrected chi connectivity index (χ3v) is 3.94. The highest BCUT2D eigenvalue weighted by molar-refractivity contribution is 6.32. The lowest BCUT2D eigenvalue weighted by molar-refractivity contribution is -0.139. The SMILES string of the molecule is O=Cc1ccc(Oc2cc3c(cc2Cl)C(C(=O)O)CCO3)cc1. The molecule has 0 radical (unpaired) electrons. The molecule has 2 aromatic rings. The number of fused-ring (bicyclic) bond motifs is 1. The maximum absolute atomic E-state index is 11.3. The van der Waals surface area contributed by atoms with E-state index >= 15 is 0 Å². The number of carbonyl (C=O) groups is 2. The van der Waals surface area contributed by atoms with Gasteiger partial charge in [0.15, 0.2) is 0 Å². The normalized spacial score (nSPS) is 16.1. The number of carbonyl (C=O) groups excluding carboxylic acids is 1. The lowest BCUT2D eigenvalue weighted by Gasteiger charge is -2.24. The molecule has 1 aliphatic rings. The Morgan fingerprint density at radius 2 is 2.04 bits per heavy atom. The van der Waals surface area contributed by atoms with Crippen molar-refractivity contribution in [2.24, 2.45) is 0 Å². The van der Waals surface area contributed by atoms with E-state index in [2.05, 4.69) is 0 Å². The van der Waals surface area contributed by atoms with Gasteiger partial charge >= 0.3 is 5.97 Å². The van der Waals surface area contributed by atoms with Crippen LogP contribution in [0.3, 0.4) is 0 Å². The Balaban J connectivity index is 1.91. The highest BCUT2D eigenvalue weighted by Crippen LogP contribution is 2.41. The Labute approximate surface area is 137 Å². The number of hydrogen-bond donors (Lipinski definition) is 1. The van der Waals surface area contributed by atoms with E-state index in [0.29, 0.717) is 46.4 Å². The summed E-state index contributed by atoms with van der Waals surface area (Å²) in [5.41, 5.74) is 1.10. The summed E-state index contributed by atoms with van der Waals surface area (Å²) in [6.45, 7) is 0.332. The van der Waals surface area contributed by atoms with Gasteiger partial charge in [0.05, 0.1) is 17.5 Å². The summed E-state index contributed by atoms with van der Waals surface area (Å²) in [6, 6.07) is 9.74. The first-order chi connectivity index (χ1) is 11.1. The van der Waals surface area contributed by atoms with Crippen molar-refractivity contribution in [3.05, 3.63) is 52.5 Å². The van der Waals surface area contributed by atoms with Crippen LogP contribution in [0.5, 0.6) is 17.2 Å². The van der Waals surface area contributed by atoms with Gasteiger partial charge in [0, 0.05) is 17.2 Å². The Hall–Kier alpha value is -2.53. The summed E-state index contributed by atoms with van der Waals surface area (Å²) >= 11 is 6.21. The number of hydrogen-bond acceptors (Lipinski definition) is 4. The largest absolute Gasteiger partial charge is 0.493 e. The summed E-state index contributed by atoms with van der Waals surface area (Å²) < 4.78 is 11.2. The van der Waals surface area contributed by atoms with E-state index < -0.39 is 11.9 Å². The van der Waals surface area contributed by atoms with Gasteiger partial charge in [0.2, 0.25) is 0 Å². The molecule has 0 saturated heterocycles. The molecule has 1 atom stereocenters. The number of carboxylic acid groups (broad SMARTS) is 1. The van der Waals surface area contributed by atoms with Crippen LogP contribution in [-0.4, -0.2) is 24.0 Å². The monoisotopic (exact) mass is 332 g/mol. The van der Waals surface area contributed by atoms with Crippen molar-refractivity contribution in [1.82, 2.24) is 0 Å². The highest BCUT2D eigenvalue weighted by atomic mass is 35.5. The minimum atomic E-state index is -0.899. The molecule has 0 aliphatic carbocycles. The Bertz CT molecular complexity index is 754. The third kappa shape index (κ3) is 3.14. The summed E-state index contributed by atoms with van der Waals surface area (Å²) in [7, 11) is 0. The zero-order valence-corrected chi connectivity index (χ0v) is 12.7. The van der Waals surface area contributed by atoms with E-state index in [9.17, 15) is 14.7 Å². The van der Waals surface area contributed by atoms with Gasteiger partial charge in [0.25, 0.3) is 0 Å². The molecule has 0 saturated carbocycles. The minimum Gasteiger partial charge on any atom is -0.493 e. The molecule has 0 bridgehead atoms. The fourth-order valence-electron chi connectivity index (χ4n) is 2.47. The number of carboxylic acids is 1. The van der Waals surface area contributed by atoms with Crippen LogP contribution in [0.2, 0.25) is 5.02 Å². The van der Waals surface area contributed by atoms with Crippen LogP contribution >= 0.6 is 11.6 Å². The highest BCUT2D eigenvalue weighted by Gasteiger charge is 2.29. The first kappa shape index (κ1) is 15.4. The number of aldehydes is 1. The zero-order chi connectivity index (χ0) is 16.4. The van der Waals surface area contributed by atoms with Crippen LogP contribution in [0.4, 0.5) is 0 Å². The van der Waals surface area contributed by atoms with Crippen molar-refractivity contribution < 1.29 is 24.2 Å². The Kier molecular flexibility index (Phi) is 4.21. The molecule has 1 heterocycles. The Morgan fingerprint density at radius 3 is 2.70 bits per heavy atom. The van der Waals surface area contributed by atoms with Gasteiger partial charge in [-0.2, -0.15) is 0 Å². The molecule has 0 fully saturated rings. The van der Waals surface area contributed by atoms with Gasteiger partial charge in [-0.05, 0) is 36.8 Å². The molecule has 1 N–H and O–H groups in total. The molecule has 23 heavy (non-hydrogen) atoms. The van der Waals surface area contributed by atoms with Crippen LogP contribution in [0, 0.1) is 0 Å². The molecule has 0 spiro atoms. The van der Waals surface area contributed by atoms with Gasteiger partial charge in [-0.15, -0.1) is 0 Å². The molecule has 0 amide bonds. The average Bonchev–Trinajstić information content (AvgIpc) is 2.55. The zero-order valence-electron chi connectivity index (χ0n) is 12.0. The van der Waals surface area contributed by atoms with E-state index in [4.69, 9.17) is 21.1 Å². The van der Waals surface area contributed by atoms with E-state index in [-0.39, 0.29) is 0 Å². The van der Waals surface area contributed by atoms with Crippen molar-refractivity contribution in [3.8, 4) is 17.2 Å².